The van der Waals surface area contributed by atoms with E-state index in [0.717, 1.165) is 61.7 Å². The molecule has 3 heterocycles. The minimum atomic E-state index is 0.340. The van der Waals surface area contributed by atoms with E-state index in [1.807, 2.05) is 24.4 Å². The lowest BCUT2D eigenvalue weighted by Crippen LogP contribution is -2.45. The van der Waals surface area contributed by atoms with E-state index < -0.39 is 0 Å². The summed E-state index contributed by atoms with van der Waals surface area (Å²) in [5.41, 5.74) is 3.26. The Bertz CT molecular complexity index is 867. The molecule has 0 amide bonds. The van der Waals surface area contributed by atoms with Gasteiger partial charge in [-0.2, -0.15) is 0 Å². The number of hydrogen-bond donors (Lipinski definition) is 1. The molecule has 0 spiro atoms. The Morgan fingerprint density at radius 3 is 2.52 bits per heavy atom. The summed E-state index contributed by atoms with van der Waals surface area (Å²) in [7, 11) is 2.06. The Kier molecular flexibility index (Phi) is 4.38. The van der Waals surface area contributed by atoms with Gasteiger partial charge in [0, 0.05) is 46.0 Å². The van der Waals surface area contributed by atoms with Crippen LogP contribution < -0.4 is 0 Å². The van der Waals surface area contributed by atoms with Crippen LogP contribution in [0.3, 0.4) is 0 Å². The van der Waals surface area contributed by atoms with Crippen LogP contribution in [-0.2, 0) is 20.1 Å². The summed E-state index contributed by atoms with van der Waals surface area (Å²) in [6.45, 7) is 5.87. The first-order valence-electron chi connectivity index (χ1n) is 8.67. The molecule has 0 atom stereocenters. The monoisotopic (exact) mass is 337 g/mol. The number of fused-ring (bicyclic) bond motifs is 1. The SMILES string of the molecule is Cn1c(CN2CCN(Cc3cccc(O)c3)CC2)nc2ccncc21. The van der Waals surface area contributed by atoms with Gasteiger partial charge in [0.2, 0.25) is 0 Å². The lowest BCUT2D eigenvalue weighted by molar-refractivity contribution is 0.119. The van der Waals surface area contributed by atoms with Crippen molar-refractivity contribution < 1.29 is 5.11 Å². The maximum atomic E-state index is 9.59. The van der Waals surface area contributed by atoms with Gasteiger partial charge >= 0.3 is 0 Å². The molecule has 6 nitrogen and oxygen atoms in total. The fourth-order valence-corrected chi connectivity index (χ4v) is 3.44. The molecule has 3 aromatic rings. The number of pyridine rings is 1. The highest BCUT2D eigenvalue weighted by Crippen LogP contribution is 2.17. The number of aromatic nitrogens is 3. The summed E-state index contributed by atoms with van der Waals surface area (Å²) in [6, 6.07) is 9.50. The van der Waals surface area contributed by atoms with Crippen molar-refractivity contribution in [3.8, 4) is 5.75 Å². The van der Waals surface area contributed by atoms with Crippen LogP contribution in [0.25, 0.3) is 11.0 Å². The number of hydrogen-bond acceptors (Lipinski definition) is 5. The summed E-state index contributed by atoms with van der Waals surface area (Å²) in [4.78, 5) is 13.8. The van der Waals surface area contributed by atoms with Crippen molar-refractivity contribution in [3.63, 3.8) is 0 Å². The molecule has 6 heteroatoms. The van der Waals surface area contributed by atoms with E-state index in [2.05, 4.69) is 32.5 Å². The molecule has 130 valence electrons. The van der Waals surface area contributed by atoms with E-state index in [0.29, 0.717) is 5.75 Å². The number of benzene rings is 1. The number of phenols is 1. The van der Waals surface area contributed by atoms with Crippen molar-refractivity contribution >= 4 is 11.0 Å². The predicted molar refractivity (Wildman–Crippen MR) is 97.2 cm³/mol. The van der Waals surface area contributed by atoms with Gasteiger partial charge in [0.1, 0.15) is 11.6 Å². The molecule has 4 rings (SSSR count). The highest BCUT2D eigenvalue weighted by Gasteiger charge is 2.19. The third kappa shape index (κ3) is 3.50. The molecular weight excluding hydrogens is 314 g/mol. The molecule has 0 bridgehead atoms. The molecule has 1 aromatic carbocycles. The molecule has 0 aliphatic carbocycles. The molecule has 0 saturated carbocycles. The number of phenolic OH excluding ortho intramolecular Hbond substituents is 1. The van der Waals surface area contributed by atoms with Crippen LogP contribution in [0.5, 0.6) is 5.75 Å². The van der Waals surface area contributed by atoms with E-state index in [9.17, 15) is 5.11 Å². The summed E-state index contributed by atoms with van der Waals surface area (Å²) in [5, 5.41) is 9.59. The maximum Gasteiger partial charge on any atom is 0.123 e. The average Bonchev–Trinajstić information content (AvgIpc) is 2.93. The quantitative estimate of drug-likeness (QED) is 0.789. The van der Waals surface area contributed by atoms with Crippen LogP contribution in [0, 0.1) is 0 Å². The van der Waals surface area contributed by atoms with Gasteiger partial charge in [0.15, 0.2) is 0 Å². The Hall–Kier alpha value is -2.44. The summed E-state index contributed by atoms with van der Waals surface area (Å²) < 4.78 is 2.14. The fourth-order valence-electron chi connectivity index (χ4n) is 3.44. The summed E-state index contributed by atoms with van der Waals surface area (Å²) in [6.07, 6.45) is 3.66. The number of aryl methyl sites for hydroxylation is 1. The number of rotatable bonds is 4. The number of aromatic hydroxyl groups is 1. The van der Waals surface area contributed by atoms with Gasteiger partial charge in [-0.15, -0.1) is 0 Å². The molecule has 0 radical (unpaired) electrons. The zero-order valence-electron chi connectivity index (χ0n) is 14.5. The Labute approximate surface area is 147 Å². The molecule has 1 fully saturated rings. The Morgan fingerprint density at radius 2 is 1.80 bits per heavy atom. The smallest absolute Gasteiger partial charge is 0.123 e. The highest BCUT2D eigenvalue weighted by molar-refractivity contribution is 5.74. The lowest BCUT2D eigenvalue weighted by Gasteiger charge is -2.34. The first-order chi connectivity index (χ1) is 12.2. The zero-order valence-corrected chi connectivity index (χ0v) is 14.5. The van der Waals surface area contributed by atoms with Crippen molar-refractivity contribution in [1.29, 1.82) is 0 Å². The van der Waals surface area contributed by atoms with Crippen LogP contribution in [0.2, 0.25) is 0 Å². The van der Waals surface area contributed by atoms with Crippen LogP contribution in [0.1, 0.15) is 11.4 Å². The number of nitrogens with zero attached hydrogens (tertiary/aromatic N) is 5. The van der Waals surface area contributed by atoms with Gasteiger partial charge in [0.05, 0.1) is 23.8 Å². The minimum Gasteiger partial charge on any atom is -0.508 e. The molecule has 25 heavy (non-hydrogen) atoms. The summed E-state index contributed by atoms with van der Waals surface area (Å²) in [5.74, 6) is 1.43. The maximum absolute atomic E-state index is 9.59. The molecule has 1 aliphatic rings. The second-order valence-electron chi connectivity index (χ2n) is 6.67. The van der Waals surface area contributed by atoms with Crippen LogP contribution in [0.15, 0.2) is 42.7 Å². The van der Waals surface area contributed by atoms with E-state index in [1.165, 1.54) is 0 Å². The van der Waals surface area contributed by atoms with Gasteiger partial charge in [-0.3, -0.25) is 14.8 Å². The van der Waals surface area contributed by atoms with Crippen LogP contribution >= 0.6 is 0 Å². The number of piperazine rings is 1. The second kappa shape index (κ2) is 6.82. The Balaban J connectivity index is 1.36. The van der Waals surface area contributed by atoms with Gasteiger partial charge in [-0.25, -0.2) is 4.98 Å². The van der Waals surface area contributed by atoms with Crippen LogP contribution in [-0.4, -0.2) is 55.6 Å². The number of imidazole rings is 1. The van der Waals surface area contributed by atoms with E-state index >= 15 is 0 Å². The van der Waals surface area contributed by atoms with Gasteiger partial charge < -0.3 is 9.67 Å². The third-order valence-electron chi connectivity index (χ3n) is 4.92. The largest absolute Gasteiger partial charge is 0.508 e. The molecule has 1 saturated heterocycles. The van der Waals surface area contributed by atoms with Crippen molar-refractivity contribution in [3.05, 3.63) is 54.1 Å². The fraction of sp³-hybridized carbons (Fsp3) is 0.368. The highest BCUT2D eigenvalue weighted by atomic mass is 16.3. The molecule has 1 N–H and O–H groups in total. The van der Waals surface area contributed by atoms with Crippen molar-refractivity contribution in [2.75, 3.05) is 26.2 Å². The Morgan fingerprint density at radius 1 is 1.04 bits per heavy atom. The third-order valence-corrected chi connectivity index (χ3v) is 4.92. The lowest BCUT2D eigenvalue weighted by atomic mass is 10.2. The second-order valence-corrected chi connectivity index (χ2v) is 6.67. The van der Waals surface area contributed by atoms with Gasteiger partial charge in [-0.05, 0) is 23.8 Å². The first kappa shape index (κ1) is 16.1. The topological polar surface area (TPSA) is 57.4 Å². The zero-order chi connectivity index (χ0) is 17.2. The van der Waals surface area contributed by atoms with Gasteiger partial charge in [-0.1, -0.05) is 12.1 Å². The average molecular weight is 337 g/mol. The van der Waals surface area contributed by atoms with Crippen molar-refractivity contribution in [2.45, 2.75) is 13.1 Å². The van der Waals surface area contributed by atoms with Crippen molar-refractivity contribution in [1.82, 2.24) is 24.3 Å². The molecule has 2 aromatic heterocycles. The van der Waals surface area contributed by atoms with Gasteiger partial charge in [0.25, 0.3) is 0 Å². The standard InChI is InChI=1S/C19H23N5O/c1-22-18-12-20-6-5-17(18)21-19(22)14-24-9-7-23(8-10-24)13-15-3-2-4-16(25)11-15/h2-6,11-12,25H,7-10,13-14H2,1H3. The van der Waals surface area contributed by atoms with Crippen molar-refractivity contribution in [2.24, 2.45) is 7.05 Å². The molecule has 1 aliphatic heterocycles. The van der Waals surface area contributed by atoms with E-state index in [-0.39, 0.29) is 0 Å². The molecular formula is C19H23N5O. The predicted octanol–water partition coefficient (Wildman–Crippen LogP) is 1.99. The molecule has 0 unspecified atom stereocenters. The summed E-state index contributed by atoms with van der Waals surface area (Å²) >= 11 is 0. The first-order valence-corrected chi connectivity index (χ1v) is 8.67. The normalized spacial score (nSPS) is 16.5. The minimum absolute atomic E-state index is 0.340. The van der Waals surface area contributed by atoms with E-state index in [1.54, 1.807) is 12.3 Å². The van der Waals surface area contributed by atoms with Crippen LogP contribution in [0.4, 0.5) is 0 Å². The van der Waals surface area contributed by atoms with E-state index in [4.69, 9.17) is 4.98 Å².